The molecule has 1 aliphatic rings. The first-order valence-electron chi connectivity index (χ1n) is 10.7. The summed E-state index contributed by atoms with van der Waals surface area (Å²) < 4.78 is 39.4. The van der Waals surface area contributed by atoms with Crippen LogP contribution in [0.4, 0.5) is 0 Å². The summed E-state index contributed by atoms with van der Waals surface area (Å²) in [7, 11) is -0.760. The number of sulfonamides is 1. The largest absolute Gasteiger partial charge is 0.497 e. The molecule has 0 atom stereocenters. The highest BCUT2D eigenvalue weighted by Gasteiger charge is 2.33. The van der Waals surface area contributed by atoms with Gasteiger partial charge in [0.1, 0.15) is 11.5 Å². The Kier molecular flexibility index (Phi) is 8.87. The van der Waals surface area contributed by atoms with Crippen molar-refractivity contribution in [2.45, 2.75) is 43.0 Å². The maximum atomic E-state index is 13.4. The fourth-order valence-corrected chi connectivity index (χ4v) is 5.72. The van der Waals surface area contributed by atoms with Crippen molar-refractivity contribution in [1.29, 1.82) is 0 Å². The lowest BCUT2D eigenvalue weighted by Crippen LogP contribution is -2.46. The van der Waals surface area contributed by atoms with Gasteiger partial charge in [0.2, 0.25) is 10.0 Å². The molecule has 0 saturated heterocycles. The molecule has 0 bridgehead atoms. The molecule has 0 heterocycles. The zero-order chi connectivity index (χ0) is 23.8. The summed E-state index contributed by atoms with van der Waals surface area (Å²) in [6, 6.07) is 11.4. The van der Waals surface area contributed by atoms with Crippen LogP contribution in [0.5, 0.6) is 11.5 Å². The maximum absolute atomic E-state index is 13.4. The SMILES string of the molecule is COc1ccc(OC)c(/C=N\NC(=O)CN(C2CCCCC2)S(=O)(=O)c2ccc(Br)cc2)c1. The van der Waals surface area contributed by atoms with Crippen LogP contribution in [0.1, 0.15) is 37.7 Å². The monoisotopic (exact) mass is 537 g/mol. The minimum absolute atomic E-state index is 0.161. The molecule has 0 aliphatic heterocycles. The number of halogens is 1. The molecule has 3 rings (SSSR count). The molecule has 2 aromatic rings. The number of hydrazone groups is 1. The molecule has 178 valence electrons. The number of nitrogens with one attached hydrogen (secondary N) is 1. The number of amides is 1. The highest BCUT2D eigenvalue weighted by atomic mass is 79.9. The van der Waals surface area contributed by atoms with Gasteiger partial charge >= 0.3 is 0 Å². The van der Waals surface area contributed by atoms with E-state index in [2.05, 4.69) is 26.5 Å². The molecule has 0 spiro atoms. The van der Waals surface area contributed by atoms with Gasteiger partial charge in [-0.2, -0.15) is 9.41 Å². The molecule has 8 nitrogen and oxygen atoms in total. The van der Waals surface area contributed by atoms with Crippen molar-refractivity contribution in [3.63, 3.8) is 0 Å². The van der Waals surface area contributed by atoms with E-state index >= 15 is 0 Å². The van der Waals surface area contributed by atoms with Gasteiger partial charge in [0.05, 0.1) is 31.9 Å². The number of nitrogens with zero attached hydrogens (tertiary/aromatic N) is 2. The van der Waals surface area contributed by atoms with Gasteiger partial charge in [-0.1, -0.05) is 35.2 Å². The summed E-state index contributed by atoms with van der Waals surface area (Å²) in [6.45, 7) is -0.310. The maximum Gasteiger partial charge on any atom is 0.255 e. The van der Waals surface area contributed by atoms with Crippen LogP contribution in [0, 0.1) is 0 Å². The third-order valence-electron chi connectivity index (χ3n) is 5.53. The summed E-state index contributed by atoms with van der Waals surface area (Å²) in [5.74, 6) is 0.669. The molecule has 1 saturated carbocycles. The molecular formula is C23H28BrN3O5S. The number of hydrogen-bond acceptors (Lipinski definition) is 6. The van der Waals surface area contributed by atoms with Gasteiger partial charge in [0.15, 0.2) is 0 Å². The Bertz CT molecular complexity index is 1080. The van der Waals surface area contributed by atoms with Crippen LogP contribution in [0.15, 0.2) is 56.9 Å². The van der Waals surface area contributed by atoms with Crippen molar-refractivity contribution >= 4 is 38.1 Å². The van der Waals surface area contributed by atoms with Gasteiger partial charge in [-0.15, -0.1) is 0 Å². The average molecular weight is 538 g/mol. The minimum atomic E-state index is -3.85. The fourth-order valence-electron chi connectivity index (χ4n) is 3.81. The minimum Gasteiger partial charge on any atom is -0.497 e. The van der Waals surface area contributed by atoms with Gasteiger partial charge in [-0.25, -0.2) is 13.8 Å². The number of carbonyl (C=O) groups is 1. The lowest BCUT2D eigenvalue weighted by atomic mass is 9.95. The van der Waals surface area contributed by atoms with Crippen LogP contribution in [-0.2, 0) is 14.8 Å². The lowest BCUT2D eigenvalue weighted by Gasteiger charge is -2.32. The molecule has 1 N–H and O–H groups in total. The fraction of sp³-hybridized carbons (Fsp3) is 0.391. The summed E-state index contributed by atoms with van der Waals surface area (Å²) >= 11 is 3.33. The van der Waals surface area contributed by atoms with Crippen molar-refractivity contribution in [1.82, 2.24) is 9.73 Å². The smallest absolute Gasteiger partial charge is 0.255 e. The van der Waals surface area contributed by atoms with Gasteiger partial charge in [-0.05, 0) is 55.3 Å². The number of benzene rings is 2. The second-order valence-electron chi connectivity index (χ2n) is 7.70. The van der Waals surface area contributed by atoms with E-state index in [-0.39, 0.29) is 17.5 Å². The summed E-state index contributed by atoms with van der Waals surface area (Å²) in [5, 5.41) is 4.00. The third-order valence-corrected chi connectivity index (χ3v) is 7.97. The first-order valence-corrected chi connectivity index (χ1v) is 12.9. The molecule has 1 fully saturated rings. The highest BCUT2D eigenvalue weighted by Crippen LogP contribution is 2.28. The standard InChI is InChI=1S/C23H28BrN3O5S/c1-31-20-10-13-22(32-2)17(14-20)15-25-26-23(28)16-27(19-6-4-3-5-7-19)33(29,30)21-11-8-18(24)9-12-21/h8-15,19H,3-7,16H2,1-2H3,(H,26,28)/b25-15-. The zero-order valence-electron chi connectivity index (χ0n) is 18.7. The van der Waals surface area contributed by atoms with E-state index in [9.17, 15) is 13.2 Å². The second kappa shape index (κ2) is 11.6. The Morgan fingerprint density at radius 2 is 1.82 bits per heavy atom. The van der Waals surface area contributed by atoms with E-state index in [0.29, 0.717) is 17.1 Å². The van der Waals surface area contributed by atoms with Crippen molar-refractivity contribution in [2.75, 3.05) is 20.8 Å². The van der Waals surface area contributed by atoms with Gasteiger partial charge < -0.3 is 9.47 Å². The lowest BCUT2D eigenvalue weighted by molar-refractivity contribution is -0.121. The molecule has 2 aromatic carbocycles. The topological polar surface area (TPSA) is 97.3 Å². The first-order chi connectivity index (χ1) is 15.8. The van der Waals surface area contributed by atoms with E-state index in [1.54, 1.807) is 49.6 Å². The Hall–Kier alpha value is -2.43. The number of ether oxygens (including phenoxy) is 2. The molecule has 10 heteroatoms. The molecule has 0 unspecified atom stereocenters. The van der Waals surface area contributed by atoms with Crippen LogP contribution in [-0.4, -0.2) is 51.7 Å². The molecule has 33 heavy (non-hydrogen) atoms. The van der Waals surface area contributed by atoms with Crippen molar-refractivity contribution < 1.29 is 22.7 Å². The number of carbonyl (C=O) groups excluding carboxylic acids is 1. The zero-order valence-corrected chi connectivity index (χ0v) is 21.1. The average Bonchev–Trinajstić information content (AvgIpc) is 2.83. The van der Waals surface area contributed by atoms with Crippen LogP contribution >= 0.6 is 15.9 Å². The molecular weight excluding hydrogens is 510 g/mol. The number of hydrogen-bond donors (Lipinski definition) is 1. The van der Waals surface area contributed by atoms with Gasteiger partial charge in [-0.3, -0.25) is 4.79 Å². The van der Waals surface area contributed by atoms with Crippen molar-refractivity contribution in [2.24, 2.45) is 5.10 Å². The molecule has 0 aromatic heterocycles. The number of rotatable bonds is 9. The van der Waals surface area contributed by atoms with E-state index in [1.807, 2.05) is 0 Å². The van der Waals surface area contributed by atoms with E-state index < -0.39 is 15.9 Å². The first kappa shape index (κ1) is 25.2. The van der Waals surface area contributed by atoms with Gasteiger partial charge in [0, 0.05) is 16.1 Å². The van der Waals surface area contributed by atoms with E-state index in [1.165, 1.54) is 17.6 Å². The molecule has 1 aliphatic carbocycles. The summed E-state index contributed by atoms with van der Waals surface area (Å²) in [4.78, 5) is 12.9. The quantitative estimate of drug-likeness (QED) is 0.386. The van der Waals surface area contributed by atoms with E-state index in [4.69, 9.17) is 9.47 Å². The highest BCUT2D eigenvalue weighted by molar-refractivity contribution is 9.10. The van der Waals surface area contributed by atoms with Gasteiger partial charge in [0.25, 0.3) is 5.91 Å². The van der Waals surface area contributed by atoms with Crippen LogP contribution in [0.2, 0.25) is 0 Å². The predicted octanol–water partition coefficient (Wildman–Crippen LogP) is 3.94. The van der Waals surface area contributed by atoms with Crippen molar-refractivity contribution in [3.05, 3.63) is 52.5 Å². The third kappa shape index (κ3) is 6.55. The van der Waals surface area contributed by atoms with Crippen LogP contribution in [0.3, 0.4) is 0 Å². The van der Waals surface area contributed by atoms with Crippen molar-refractivity contribution in [3.8, 4) is 11.5 Å². The Labute approximate surface area is 203 Å². The molecule has 1 amide bonds. The second-order valence-corrected chi connectivity index (χ2v) is 10.5. The van der Waals surface area contributed by atoms with E-state index in [0.717, 1.165) is 36.6 Å². The Morgan fingerprint density at radius 3 is 2.45 bits per heavy atom. The Balaban J connectivity index is 1.77. The Morgan fingerprint density at radius 1 is 1.12 bits per heavy atom. The van der Waals surface area contributed by atoms with Crippen LogP contribution < -0.4 is 14.9 Å². The number of methoxy groups -OCH3 is 2. The summed E-state index contributed by atoms with van der Waals surface area (Å²) in [5.41, 5.74) is 3.06. The summed E-state index contributed by atoms with van der Waals surface area (Å²) in [6.07, 6.45) is 5.84. The predicted molar refractivity (Wildman–Crippen MR) is 130 cm³/mol. The normalized spacial score (nSPS) is 15.0. The molecule has 0 radical (unpaired) electrons. The van der Waals surface area contributed by atoms with Crippen LogP contribution in [0.25, 0.3) is 0 Å².